The molecule has 0 radical (unpaired) electrons. The monoisotopic (exact) mass is 237 g/mol. The normalized spacial score (nSPS) is 11.9. The molecule has 0 aliphatic rings. The lowest BCUT2D eigenvalue weighted by Gasteiger charge is -2.11. The Morgan fingerprint density at radius 1 is 1.41 bits per heavy atom. The molecule has 0 saturated heterocycles. The van der Waals surface area contributed by atoms with Crippen molar-refractivity contribution in [3.63, 3.8) is 0 Å². The second kappa shape index (κ2) is 5.34. The third-order valence-electron chi connectivity index (χ3n) is 2.43. The molecule has 0 saturated carbocycles. The van der Waals surface area contributed by atoms with Gasteiger partial charge in [0.2, 0.25) is 0 Å². The number of rotatable bonds is 4. The van der Waals surface area contributed by atoms with Gasteiger partial charge in [-0.15, -0.1) is 0 Å². The second-order valence-corrected chi connectivity index (χ2v) is 3.74. The topological polar surface area (TPSA) is 86.6 Å². The number of nitrogens with one attached hydrogen (secondary N) is 1. The van der Waals surface area contributed by atoms with Crippen LogP contribution >= 0.6 is 0 Å². The number of amides is 1. The maximum absolute atomic E-state index is 11.7. The van der Waals surface area contributed by atoms with Gasteiger partial charge in [0.15, 0.2) is 0 Å². The summed E-state index contributed by atoms with van der Waals surface area (Å²) in [5.41, 5.74) is 0.994. The van der Waals surface area contributed by atoms with Gasteiger partial charge >= 0.3 is 5.97 Å². The molecule has 1 aromatic carbocycles. The first kappa shape index (κ1) is 13.0. The van der Waals surface area contributed by atoms with Crippen molar-refractivity contribution >= 4 is 11.9 Å². The first-order chi connectivity index (χ1) is 7.95. The van der Waals surface area contributed by atoms with E-state index in [1.165, 1.54) is 13.0 Å². The summed E-state index contributed by atoms with van der Waals surface area (Å²) < 4.78 is 0. The van der Waals surface area contributed by atoms with Crippen molar-refractivity contribution in [3.8, 4) is 5.75 Å². The predicted molar refractivity (Wildman–Crippen MR) is 62.0 cm³/mol. The molecule has 0 heterocycles. The van der Waals surface area contributed by atoms with Gasteiger partial charge in [-0.2, -0.15) is 0 Å². The van der Waals surface area contributed by atoms with E-state index in [4.69, 9.17) is 5.11 Å². The Balaban J connectivity index is 2.91. The number of carbonyl (C=O) groups is 2. The summed E-state index contributed by atoms with van der Waals surface area (Å²) in [6, 6.07) is 3.71. The van der Waals surface area contributed by atoms with Gasteiger partial charge in [-0.25, -0.2) is 0 Å². The van der Waals surface area contributed by atoms with E-state index in [0.29, 0.717) is 0 Å². The van der Waals surface area contributed by atoms with Crippen LogP contribution in [0.1, 0.15) is 29.8 Å². The highest BCUT2D eigenvalue weighted by Crippen LogP contribution is 2.18. The maximum Gasteiger partial charge on any atom is 0.325 e. The molecule has 17 heavy (non-hydrogen) atoms. The van der Waals surface area contributed by atoms with E-state index in [1.54, 1.807) is 12.1 Å². The van der Waals surface area contributed by atoms with E-state index < -0.39 is 17.9 Å². The lowest BCUT2D eigenvalue weighted by atomic mass is 10.1. The van der Waals surface area contributed by atoms with Crippen LogP contribution in [-0.2, 0) is 11.2 Å². The Labute approximate surface area is 99.1 Å². The van der Waals surface area contributed by atoms with Crippen molar-refractivity contribution in [2.45, 2.75) is 26.3 Å². The molecule has 0 aromatic heterocycles. The van der Waals surface area contributed by atoms with Crippen LogP contribution in [-0.4, -0.2) is 28.1 Å². The molecule has 1 aromatic rings. The van der Waals surface area contributed by atoms with Gasteiger partial charge in [0.05, 0.1) is 5.56 Å². The average Bonchev–Trinajstić information content (AvgIpc) is 2.29. The molecule has 0 bridgehead atoms. The Hall–Kier alpha value is -2.04. The minimum atomic E-state index is -1.12. The fourth-order valence-corrected chi connectivity index (χ4v) is 1.32. The number of aliphatic carboxylic acids is 1. The highest BCUT2D eigenvalue weighted by Gasteiger charge is 2.17. The highest BCUT2D eigenvalue weighted by atomic mass is 16.4. The predicted octanol–water partition coefficient (Wildman–Crippen LogP) is 1.16. The van der Waals surface area contributed by atoms with Crippen LogP contribution in [0.4, 0.5) is 0 Å². The van der Waals surface area contributed by atoms with Crippen molar-refractivity contribution in [1.82, 2.24) is 5.32 Å². The largest absolute Gasteiger partial charge is 0.507 e. The van der Waals surface area contributed by atoms with Crippen LogP contribution < -0.4 is 5.32 Å². The second-order valence-electron chi connectivity index (χ2n) is 3.74. The van der Waals surface area contributed by atoms with Crippen molar-refractivity contribution in [2.75, 3.05) is 0 Å². The third kappa shape index (κ3) is 3.21. The summed E-state index contributed by atoms with van der Waals surface area (Å²) in [4.78, 5) is 22.3. The number of phenols is 1. The molecule has 0 fully saturated rings. The maximum atomic E-state index is 11.7. The molecule has 1 amide bonds. The SMILES string of the molecule is CCc1ccc(O)c(C(=O)N[C@@H](C)C(=O)O)c1. The quantitative estimate of drug-likeness (QED) is 0.733. The smallest absolute Gasteiger partial charge is 0.325 e. The number of hydrogen-bond donors (Lipinski definition) is 3. The number of phenolic OH excluding ortho intramolecular Hbond substituents is 1. The van der Waals surface area contributed by atoms with Gasteiger partial charge in [0, 0.05) is 0 Å². The van der Waals surface area contributed by atoms with Crippen molar-refractivity contribution in [3.05, 3.63) is 29.3 Å². The summed E-state index contributed by atoms with van der Waals surface area (Å²) in [5, 5.41) is 20.5. The molecule has 3 N–H and O–H groups in total. The number of carboxylic acid groups (broad SMARTS) is 1. The Kier molecular flexibility index (Phi) is 4.09. The summed E-state index contributed by atoms with van der Waals surface area (Å²) in [6.45, 7) is 3.29. The standard InChI is InChI=1S/C12H15NO4/c1-3-8-4-5-10(14)9(6-8)11(15)13-7(2)12(16)17/h4-7,14H,3H2,1-2H3,(H,13,15)(H,16,17)/t7-/m0/s1. The number of aromatic hydroxyl groups is 1. The average molecular weight is 237 g/mol. The molecule has 0 unspecified atom stereocenters. The summed E-state index contributed by atoms with van der Waals surface area (Å²) >= 11 is 0. The minimum absolute atomic E-state index is 0.0949. The molecule has 5 heteroatoms. The fourth-order valence-electron chi connectivity index (χ4n) is 1.32. The van der Waals surface area contributed by atoms with E-state index >= 15 is 0 Å². The lowest BCUT2D eigenvalue weighted by molar-refractivity contribution is -0.138. The summed E-state index contributed by atoms with van der Waals surface area (Å²) in [6.07, 6.45) is 0.731. The van der Waals surface area contributed by atoms with Crippen molar-refractivity contribution in [2.24, 2.45) is 0 Å². The summed E-state index contributed by atoms with van der Waals surface area (Å²) in [5.74, 6) is -1.87. The zero-order valence-corrected chi connectivity index (χ0v) is 9.73. The van der Waals surface area contributed by atoms with Gasteiger partial charge in [-0.1, -0.05) is 13.0 Å². The van der Waals surface area contributed by atoms with Crippen LogP contribution in [0, 0.1) is 0 Å². The van der Waals surface area contributed by atoms with Gasteiger partial charge < -0.3 is 15.5 Å². The van der Waals surface area contributed by atoms with Crippen LogP contribution in [0.3, 0.4) is 0 Å². The number of aryl methyl sites for hydroxylation is 1. The van der Waals surface area contributed by atoms with Gasteiger partial charge in [-0.3, -0.25) is 9.59 Å². The van der Waals surface area contributed by atoms with Gasteiger partial charge in [0.25, 0.3) is 5.91 Å². The van der Waals surface area contributed by atoms with Crippen molar-refractivity contribution < 1.29 is 19.8 Å². The molecule has 0 spiro atoms. The fraction of sp³-hybridized carbons (Fsp3) is 0.333. The number of benzene rings is 1. The van der Waals surface area contributed by atoms with E-state index in [1.807, 2.05) is 6.92 Å². The molecule has 5 nitrogen and oxygen atoms in total. The zero-order chi connectivity index (χ0) is 13.0. The lowest BCUT2D eigenvalue weighted by Crippen LogP contribution is -2.38. The molecule has 0 aliphatic carbocycles. The van der Waals surface area contributed by atoms with Crippen LogP contribution in [0.15, 0.2) is 18.2 Å². The van der Waals surface area contributed by atoms with E-state index in [2.05, 4.69) is 5.32 Å². The molecular formula is C12H15NO4. The Morgan fingerprint density at radius 2 is 2.06 bits per heavy atom. The van der Waals surface area contributed by atoms with Crippen molar-refractivity contribution in [1.29, 1.82) is 0 Å². The highest BCUT2D eigenvalue weighted by molar-refractivity contribution is 5.98. The molecule has 1 rings (SSSR count). The Bertz CT molecular complexity index is 442. The van der Waals surface area contributed by atoms with Crippen LogP contribution in [0.2, 0.25) is 0 Å². The van der Waals surface area contributed by atoms with Gasteiger partial charge in [0.1, 0.15) is 11.8 Å². The third-order valence-corrected chi connectivity index (χ3v) is 2.43. The first-order valence-corrected chi connectivity index (χ1v) is 5.31. The number of carboxylic acids is 1. The summed E-state index contributed by atoms with van der Waals surface area (Å²) in [7, 11) is 0. The molecule has 1 atom stereocenters. The van der Waals surface area contributed by atoms with Crippen LogP contribution in [0.5, 0.6) is 5.75 Å². The minimum Gasteiger partial charge on any atom is -0.507 e. The molecular weight excluding hydrogens is 222 g/mol. The zero-order valence-electron chi connectivity index (χ0n) is 9.73. The van der Waals surface area contributed by atoms with Crippen LogP contribution in [0.25, 0.3) is 0 Å². The van der Waals surface area contributed by atoms with E-state index in [9.17, 15) is 14.7 Å². The first-order valence-electron chi connectivity index (χ1n) is 5.31. The number of hydrogen-bond acceptors (Lipinski definition) is 3. The number of carbonyl (C=O) groups excluding carboxylic acids is 1. The van der Waals surface area contributed by atoms with Gasteiger partial charge in [-0.05, 0) is 31.0 Å². The van der Waals surface area contributed by atoms with E-state index in [0.717, 1.165) is 12.0 Å². The molecule has 0 aliphatic heterocycles. The Morgan fingerprint density at radius 3 is 2.59 bits per heavy atom. The molecule has 92 valence electrons. The van der Waals surface area contributed by atoms with E-state index in [-0.39, 0.29) is 11.3 Å².